The van der Waals surface area contributed by atoms with Crippen LogP contribution in [0.4, 0.5) is 10.5 Å². The van der Waals surface area contributed by atoms with Gasteiger partial charge in [-0.25, -0.2) is 4.79 Å². The molecular formula is C16H24NO3Si. The van der Waals surface area contributed by atoms with Gasteiger partial charge in [-0.1, -0.05) is 13.0 Å². The van der Waals surface area contributed by atoms with Crippen LogP contribution in [0.2, 0.25) is 6.04 Å². The first-order valence-electron chi connectivity index (χ1n) is 7.24. The molecule has 0 aliphatic heterocycles. The zero-order valence-electron chi connectivity index (χ0n) is 13.3. The lowest BCUT2D eigenvalue weighted by atomic mass is 10.1. The summed E-state index contributed by atoms with van der Waals surface area (Å²) in [6, 6.07) is 8.34. The number of ether oxygens (including phenoxy) is 2. The normalized spacial score (nSPS) is 11.1. The largest absolute Gasteiger partial charge is 0.494 e. The van der Waals surface area contributed by atoms with Gasteiger partial charge >= 0.3 is 6.09 Å². The molecule has 1 rings (SSSR count). The van der Waals surface area contributed by atoms with E-state index in [9.17, 15) is 4.79 Å². The van der Waals surface area contributed by atoms with Crippen molar-refractivity contribution < 1.29 is 14.3 Å². The lowest BCUT2D eigenvalue weighted by Crippen LogP contribution is -2.35. The molecule has 5 heteroatoms. The van der Waals surface area contributed by atoms with E-state index < -0.39 is 5.60 Å². The Kier molecular flexibility index (Phi) is 6.75. The van der Waals surface area contributed by atoms with Crippen molar-refractivity contribution in [3.8, 4) is 5.75 Å². The van der Waals surface area contributed by atoms with Gasteiger partial charge in [0.25, 0.3) is 0 Å². The first kappa shape index (κ1) is 17.6. The van der Waals surface area contributed by atoms with Crippen LogP contribution in [-0.4, -0.2) is 35.6 Å². The molecule has 0 saturated heterocycles. The molecule has 1 aromatic rings. The molecule has 3 radical (unpaired) electrons. The molecule has 0 spiro atoms. The summed E-state index contributed by atoms with van der Waals surface area (Å²) >= 11 is 0. The molecule has 21 heavy (non-hydrogen) atoms. The van der Waals surface area contributed by atoms with Gasteiger partial charge in [0.05, 0.1) is 6.61 Å². The van der Waals surface area contributed by atoms with Crippen LogP contribution in [0.5, 0.6) is 5.75 Å². The Morgan fingerprint density at radius 2 is 1.90 bits per heavy atom. The number of hydrogen-bond acceptors (Lipinski definition) is 3. The van der Waals surface area contributed by atoms with Crippen molar-refractivity contribution in [1.29, 1.82) is 0 Å². The lowest BCUT2D eigenvalue weighted by Gasteiger charge is -2.27. The van der Waals surface area contributed by atoms with Gasteiger partial charge in [0.1, 0.15) is 11.4 Å². The Hall–Kier alpha value is -1.49. The van der Waals surface area contributed by atoms with Crippen molar-refractivity contribution in [2.75, 3.05) is 18.6 Å². The highest BCUT2D eigenvalue weighted by atomic mass is 28.1. The van der Waals surface area contributed by atoms with E-state index in [2.05, 4.69) is 10.2 Å². The van der Waals surface area contributed by atoms with Crippen LogP contribution in [0.15, 0.2) is 24.3 Å². The molecule has 0 heterocycles. The number of carbonyl (C=O) groups excluding carboxylic acids is 1. The van der Waals surface area contributed by atoms with Crippen LogP contribution in [0.25, 0.3) is 0 Å². The number of rotatable bonds is 7. The first-order valence-corrected chi connectivity index (χ1v) is 7.94. The minimum absolute atomic E-state index is 0.352. The van der Waals surface area contributed by atoms with Crippen LogP contribution >= 0.6 is 0 Å². The highest BCUT2D eigenvalue weighted by molar-refractivity contribution is 6.08. The number of amides is 1. The lowest BCUT2D eigenvalue weighted by molar-refractivity contribution is 0.0419. The summed E-state index contributed by atoms with van der Waals surface area (Å²) in [6.07, 6.45) is 1.37. The van der Waals surface area contributed by atoms with E-state index in [0.717, 1.165) is 30.3 Å². The molecular weight excluding hydrogens is 282 g/mol. The smallest absolute Gasteiger partial charge is 0.414 e. The van der Waals surface area contributed by atoms with Crippen LogP contribution < -0.4 is 9.64 Å². The fourth-order valence-electron chi connectivity index (χ4n) is 1.51. The van der Waals surface area contributed by atoms with Crippen molar-refractivity contribution in [3.05, 3.63) is 24.3 Å². The Morgan fingerprint density at radius 1 is 1.29 bits per heavy atom. The van der Waals surface area contributed by atoms with Crippen molar-refractivity contribution in [1.82, 2.24) is 0 Å². The molecule has 0 bridgehead atoms. The predicted molar refractivity (Wildman–Crippen MR) is 86.4 cm³/mol. The molecule has 0 unspecified atom stereocenters. The summed E-state index contributed by atoms with van der Waals surface area (Å²) in [5, 5.41) is 0. The molecule has 115 valence electrons. The summed E-state index contributed by atoms with van der Waals surface area (Å²) in [7, 11) is 5.11. The summed E-state index contributed by atoms with van der Waals surface area (Å²) < 4.78 is 11.0. The maximum Gasteiger partial charge on any atom is 0.414 e. The van der Waals surface area contributed by atoms with Gasteiger partial charge in [-0.3, -0.25) is 4.90 Å². The molecule has 0 N–H and O–H groups in total. The van der Waals surface area contributed by atoms with Crippen molar-refractivity contribution >= 4 is 22.0 Å². The molecule has 0 fully saturated rings. The summed E-state index contributed by atoms with van der Waals surface area (Å²) in [5.74, 6) is 0.800. The third-order valence-electron chi connectivity index (χ3n) is 3.30. The van der Waals surface area contributed by atoms with Crippen LogP contribution in [-0.2, 0) is 4.74 Å². The Morgan fingerprint density at radius 3 is 2.43 bits per heavy atom. The van der Waals surface area contributed by atoms with E-state index in [0.29, 0.717) is 6.61 Å². The fraction of sp³-hybridized carbons (Fsp3) is 0.562. The third kappa shape index (κ3) is 5.79. The first-order chi connectivity index (χ1) is 9.89. The van der Waals surface area contributed by atoms with Gasteiger partial charge < -0.3 is 9.47 Å². The maximum atomic E-state index is 12.1. The zero-order chi connectivity index (χ0) is 15.9. The van der Waals surface area contributed by atoms with Crippen molar-refractivity contribution in [2.45, 2.75) is 45.3 Å². The maximum absolute atomic E-state index is 12.1. The second-order valence-electron chi connectivity index (χ2n) is 5.49. The van der Waals surface area contributed by atoms with E-state index in [4.69, 9.17) is 9.47 Å². The number of anilines is 1. The molecule has 0 aliphatic rings. The number of nitrogens with zero attached hydrogens (tertiary/aromatic N) is 1. The second kappa shape index (κ2) is 8.07. The summed E-state index contributed by atoms with van der Waals surface area (Å²) in [5.41, 5.74) is 0.323. The van der Waals surface area contributed by atoms with Gasteiger partial charge in [-0.15, -0.1) is 0 Å². The Labute approximate surface area is 130 Å². The molecule has 1 amide bonds. The summed E-state index contributed by atoms with van der Waals surface area (Å²) in [4.78, 5) is 13.6. The second-order valence-corrected chi connectivity index (χ2v) is 5.99. The topological polar surface area (TPSA) is 38.8 Å². The molecule has 0 aliphatic carbocycles. The SMILES string of the molecule is CCC(C)(C)OC(=O)N(C)c1ccc(OCCC[Si])cc1. The molecule has 1 aromatic carbocycles. The van der Waals surface area contributed by atoms with Gasteiger partial charge in [-0.05, 0) is 51.0 Å². The number of benzene rings is 1. The van der Waals surface area contributed by atoms with Crippen LogP contribution in [0, 0.1) is 0 Å². The number of carbonyl (C=O) groups is 1. The predicted octanol–water partition coefficient (Wildman–Crippen LogP) is 3.80. The Balaban J connectivity index is 2.62. The van der Waals surface area contributed by atoms with E-state index in [1.165, 1.54) is 4.90 Å². The van der Waals surface area contributed by atoms with E-state index in [1.807, 2.05) is 45.0 Å². The third-order valence-corrected chi connectivity index (χ3v) is 3.66. The van der Waals surface area contributed by atoms with Gasteiger partial charge in [0.2, 0.25) is 0 Å². The minimum Gasteiger partial charge on any atom is -0.494 e. The van der Waals surface area contributed by atoms with E-state index >= 15 is 0 Å². The molecule has 0 atom stereocenters. The highest BCUT2D eigenvalue weighted by Gasteiger charge is 2.23. The quantitative estimate of drug-likeness (QED) is 0.568. The number of hydrogen-bond donors (Lipinski definition) is 0. The van der Waals surface area contributed by atoms with Crippen molar-refractivity contribution in [2.24, 2.45) is 0 Å². The molecule has 0 aromatic heterocycles. The minimum atomic E-state index is -0.454. The fourth-order valence-corrected chi connectivity index (χ4v) is 1.65. The van der Waals surface area contributed by atoms with Gasteiger partial charge in [0.15, 0.2) is 0 Å². The van der Waals surface area contributed by atoms with Crippen LogP contribution in [0.1, 0.15) is 33.6 Å². The average molecular weight is 306 g/mol. The van der Waals surface area contributed by atoms with Crippen molar-refractivity contribution in [3.63, 3.8) is 0 Å². The van der Waals surface area contributed by atoms with Gasteiger partial charge in [-0.2, -0.15) is 0 Å². The van der Waals surface area contributed by atoms with Gasteiger partial charge in [0, 0.05) is 23.0 Å². The Bertz CT molecular complexity index is 445. The summed E-state index contributed by atoms with van der Waals surface area (Å²) in [6.45, 7) is 6.47. The molecule has 4 nitrogen and oxygen atoms in total. The average Bonchev–Trinajstić information content (AvgIpc) is 2.47. The highest BCUT2D eigenvalue weighted by Crippen LogP contribution is 2.21. The zero-order valence-corrected chi connectivity index (χ0v) is 14.3. The standard InChI is InChI=1S/C16H24NO3Si/c1-5-16(2,3)20-15(18)17(4)13-7-9-14(10-8-13)19-11-6-12-21/h7-10H,5-6,11-12H2,1-4H3. The van der Waals surface area contributed by atoms with E-state index in [-0.39, 0.29) is 6.09 Å². The monoisotopic (exact) mass is 306 g/mol. The van der Waals surface area contributed by atoms with E-state index in [1.54, 1.807) is 7.05 Å². The molecule has 0 saturated carbocycles. The van der Waals surface area contributed by atoms with Crippen LogP contribution in [0.3, 0.4) is 0 Å².